The van der Waals surface area contributed by atoms with E-state index in [9.17, 15) is 9.59 Å². The smallest absolute Gasteiger partial charge is 0.297 e. The number of ether oxygens (including phenoxy) is 1. The number of nitrogens with zero attached hydrogens (tertiary/aromatic N) is 1. The molecule has 1 aliphatic heterocycles. The first-order valence-electron chi connectivity index (χ1n) is 10.9. The van der Waals surface area contributed by atoms with Gasteiger partial charge in [0, 0.05) is 24.4 Å². The molecule has 2 atom stereocenters. The van der Waals surface area contributed by atoms with Crippen LogP contribution in [-0.2, 0) is 14.3 Å². The molecular formula is C23H36N2O3. The molecule has 1 aromatic carbocycles. The summed E-state index contributed by atoms with van der Waals surface area (Å²) in [6.45, 7) is 9.49. The number of hydrogen-bond acceptors (Lipinski definition) is 4. The summed E-state index contributed by atoms with van der Waals surface area (Å²) in [4.78, 5) is 27.5. The van der Waals surface area contributed by atoms with Crippen LogP contribution in [0.25, 0.3) is 0 Å². The fourth-order valence-electron chi connectivity index (χ4n) is 3.99. The Balaban J connectivity index is 2.61. The second-order valence-corrected chi connectivity index (χ2v) is 7.72. The highest BCUT2D eigenvalue weighted by Crippen LogP contribution is 2.43. The topological polar surface area (TPSA) is 72.6 Å². The van der Waals surface area contributed by atoms with E-state index in [1.807, 2.05) is 12.1 Å². The first-order chi connectivity index (χ1) is 13.5. The zero-order valence-electron chi connectivity index (χ0n) is 17.9. The van der Waals surface area contributed by atoms with Crippen molar-refractivity contribution >= 4 is 23.1 Å². The van der Waals surface area contributed by atoms with E-state index in [-0.39, 0.29) is 0 Å². The van der Waals surface area contributed by atoms with Crippen LogP contribution in [-0.4, -0.2) is 24.8 Å². The number of ketones is 1. The summed E-state index contributed by atoms with van der Waals surface area (Å²) < 4.78 is 6.00. The summed E-state index contributed by atoms with van der Waals surface area (Å²) in [7, 11) is 0. The van der Waals surface area contributed by atoms with Crippen LogP contribution in [0.5, 0.6) is 0 Å². The molecule has 1 aliphatic rings. The van der Waals surface area contributed by atoms with Gasteiger partial charge in [-0.25, -0.2) is 0 Å². The van der Waals surface area contributed by atoms with Crippen LogP contribution in [0.2, 0.25) is 0 Å². The van der Waals surface area contributed by atoms with Crippen molar-refractivity contribution in [2.75, 3.05) is 23.8 Å². The van der Waals surface area contributed by atoms with Crippen LogP contribution in [0.3, 0.4) is 0 Å². The molecule has 1 amide bonds. The summed E-state index contributed by atoms with van der Waals surface area (Å²) in [6, 6.07) is 3.83. The van der Waals surface area contributed by atoms with Crippen molar-refractivity contribution in [1.82, 2.24) is 0 Å². The fourth-order valence-corrected chi connectivity index (χ4v) is 3.99. The Morgan fingerprint density at radius 3 is 2.39 bits per heavy atom. The van der Waals surface area contributed by atoms with E-state index in [4.69, 9.17) is 10.5 Å². The van der Waals surface area contributed by atoms with Crippen molar-refractivity contribution < 1.29 is 14.3 Å². The minimum atomic E-state index is -0.812. The van der Waals surface area contributed by atoms with Gasteiger partial charge in [-0.2, -0.15) is 0 Å². The number of benzene rings is 1. The van der Waals surface area contributed by atoms with Crippen LogP contribution in [0.4, 0.5) is 11.4 Å². The molecule has 28 heavy (non-hydrogen) atoms. The van der Waals surface area contributed by atoms with Crippen LogP contribution < -0.4 is 10.6 Å². The number of amides is 1. The Bertz CT molecular complexity index is 687. The van der Waals surface area contributed by atoms with Crippen molar-refractivity contribution in [2.24, 2.45) is 0 Å². The van der Waals surface area contributed by atoms with E-state index < -0.39 is 17.8 Å². The lowest BCUT2D eigenvalue weighted by Crippen LogP contribution is -2.45. The molecule has 0 aliphatic carbocycles. The van der Waals surface area contributed by atoms with Gasteiger partial charge in [-0.05, 0) is 49.3 Å². The van der Waals surface area contributed by atoms with Crippen molar-refractivity contribution in [1.29, 1.82) is 0 Å². The Kier molecular flexibility index (Phi) is 8.49. The average Bonchev–Trinajstić information content (AvgIpc) is 2.68. The maximum atomic E-state index is 13.0. The highest BCUT2D eigenvalue weighted by atomic mass is 16.5. The second-order valence-electron chi connectivity index (χ2n) is 7.72. The first kappa shape index (κ1) is 22.4. The molecule has 0 aromatic heterocycles. The van der Waals surface area contributed by atoms with Gasteiger partial charge in [-0.3, -0.25) is 9.59 Å². The Morgan fingerprint density at radius 1 is 1.07 bits per heavy atom. The van der Waals surface area contributed by atoms with Crippen LogP contribution in [0.1, 0.15) is 95.8 Å². The molecule has 2 N–H and O–H groups in total. The molecular weight excluding hydrogens is 352 g/mol. The summed E-state index contributed by atoms with van der Waals surface area (Å²) in [5, 5.41) is 0. The Labute approximate surface area is 169 Å². The average molecular weight is 389 g/mol. The van der Waals surface area contributed by atoms with E-state index >= 15 is 0 Å². The quantitative estimate of drug-likeness (QED) is 0.324. The summed E-state index contributed by atoms with van der Waals surface area (Å²) in [5.41, 5.74) is 9.59. The van der Waals surface area contributed by atoms with Crippen LogP contribution in [0, 0.1) is 0 Å². The maximum Gasteiger partial charge on any atom is 0.297 e. The van der Waals surface area contributed by atoms with Gasteiger partial charge >= 0.3 is 0 Å². The maximum absolute atomic E-state index is 13.0. The molecule has 1 heterocycles. The molecule has 5 nitrogen and oxygen atoms in total. The van der Waals surface area contributed by atoms with Gasteiger partial charge < -0.3 is 15.4 Å². The van der Waals surface area contributed by atoms with Crippen molar-refractivity contribution in [2.45, 2.75) is 84.7 Å². The monoisotopic (exact) mass is 388 g/mol. The van der Waals surface area contributed by atoms with Gasteiger partial charge in [0.05, 0.1) is 5.69 Å². The van der Waals surface area contributed by atoms with Gasteiger partial charge in [-0.1, -0.05) is 47.0 Å². The number of anilines is 2. The minimum Gasteiger partial charge on any atom is -0.399 e. The summed E-state index contributed by atoms with van der Waals surface area (Å²) >= 11 is 0. The molecule has 1 aromatic rings. The van der Waals surface area contributed by atoms with Crippen molar-refractivity contribution in [3.05, 3.63) is 23.3 Å². The van der Waals surface area contributed by atoms with Gasteiger partial charge in [0.1, 0.15) is 0 Å². The summed E-state index contributed by atoms with van der Waals surface area (Å²) in [5.74, 6) is -0.617. The van der Waals surface area contributed by atoms with E-state index in [1.165, 1.54) is 0 Å². The Morgan fingerprint density at radius 2 is 1.79 bits per heavy atom. The molecule has 0 radical (unpaired) electrons. The predicted molar refractivity (Wildman–Crippen MR) is 115 cm³/mol. The molecule has 0 saturated carbocycles. The largest absolute Gasteiger partial charge is 0.399 e. The number of nitrogen functional groups attached to an aromatic ring is 1. The molecule has 0 bridgehead atoms. The van der Waals surface area contributed by atoms with Crippen LogP contribution in [0.15, 0.2) is 12.1 Å². The predicted octanol–water partition coefficient (Wildman–Crippen LogP) is 5.14. The molecule has 0 saturated heterocycles. The van der Waals surface area contributed by atoms with E-state index in [0.717, 1.165) is 61.8 Å². The lowest BCUT2D eigenvalue weighted by Gasteiger charge is -2.36. The van der Waals surface area contributed by atoms with Crippen molar-refractivity contribution in [3.63, 3.8) is 0 Å². The third kappa shape index (κ3) is 4.75. The zero-order chi connectivity index (χ0) is 20.7. The van der Waals surface area contributed by atoms with E-state index in [1.54, 1.807) is 4.90 Å². The number of unbranched alkanes of at least 4 members (excludes halogenated alkanes) is 2. The van der Waals surface area contributed by atoms with Crippen LogP contribution >= 0.6 is 0 Å². The number of carbonyl (C=O) groups is 2. The third-order valence-corrected chi connectivity index (χ3v) is 5.55. The number of carbonyl (C=O) groups excluding carboxylic acids is 2. The molecule has 0 spiro atoms. The fraction of sp³-hybridized carbons (Fsp3) is 0.652. The Hall–Kier alpha value is -1.88. The number of rotatable bonds is 11. The van der Waals surface area contributed by atoms with E-state index in [2.05, 4.69) is 27.7 Å². The lowest BCUT2D eigenvalue weighted by molar-refractivity contribution is -0.144. The number of Topliss-reactive ketones (excluding diaryl/α,β-unsaturated/α-hetero) is 1. The molecule has 0 fully saturated rings. The standard InChI is InChI=1S/C23H36N2O3/c1-5-9-12-25-19-15-17(24)14-18(16(8-4)11-7-3)20(19)22(21(26)23(25)27)28-13-10-6-2/h14-16,22H,5-13,24H2,1-4H3. The second kappa shape index (κ2) is 10.6. The highest BCUT2D eigenvalue weighted by molar-refractivity contribution is 6.44. The molecule has 5 heteroatoms. The molecule has 156 valence electrons. The van der Waals surface area contributed by atoms with Crippen molar-refractivity contribution in [3.8, 4) is 0 Å². The van der Waals surface area contributed by atoms with Gasteiger partial charge in [-0.15, -0.1) is 0 Å². The van der Waals surface area contributed by atoms with Gasteiger partial charge in [0.2, 0.25) is 0 Å². The zero-order valence-corrected chi connectivity index (χ0v) is 17.9. The van der Waals surface area contributed by atoms with E-state index in [0.29, 0.717) is 24.8 Å². The number of fused-ring (bicyclic) bond motifs is 1. The summed E-state index contributed by atoms with van der Waals surface area (Å²) in [6.07, 6.45) is 5.86. The normalized spacial score (nSPS) is 17.7. The number of nitrogens with two attached hydrogens (primary N) is 1. The molecule has 2 unspecified atom stereocenters. The molecule has 2 rings (SSSR count). The first-order valence-corrected chi connectivity index (χ1v) is 10.9. The third-order valence-electron chi connectivity index (χ3n) is 5.55. The minimum absolute atomic E-state index is 0.300. The SMILES string of the molecule is CCCCOC1C(=O)C(=O)N(CCCC)c2cc(N)cc(C(CC)CCC)c21. The number of hydrogen-bond donors (Lipinski definition) is 1. The van der Waals surface area contributed by atoms with Gasteiger partial charge in [0.25, 0.3) is 11.7 Å². The lowest BCUT2D eigenvalue weighted by atomic mass is 9.82. The highest BCUT2D eigenvalue weighted by Gasteiger charge is 2.42. The van der Waals surface area contributed by atoms with Gasteiger partial charge in [0.15, 0.2) is 6.10 Å².